The quantitative estimate of drug-likeness (QED) is 0.559. The first kappa shape index (κ1) is 22.4. The molecule has 7 nitrogen and oxygen atoms in total. The average molecular weight is 415 g/mol. The minimum atomic E-state index is -0.686. The van der Waals surface area contributed by atoms with Crippen LogP contribution in [0.15, 0.2) is 24.4 Å². The number of benzene rings is 1. The van der Waals surface area contributed by atoms with E-state index in [-0.39, 0.29) is 6.61 Å². The first-order valence-electron chi connectivity index (χ1n) is 10.2. The van der Waals surface area contributed by atoms with Gasteiger partial charge in [0, 0.05) is 11.6 Å². The van der Waals surface area contributed by atoms with Crippen LogP contribution >= 0.6 is 0 Å². The molecular weight excluding hydrogens is 385 g/mol. The number of fused-ring (bicyclic) bond motifs is 1. The van der Waals surface area contributed by atoms with E-state index < -0.39 is 36.0 Å². The van der Waals surface area contributed by atoms with Crippen LogP contribution in [-0.4, -0.2) is 47.2 Å². The summed E-state index contributed by atoms with van der Waals surface area (Å²) in [5.74, 6) is -0.470. The smallest absolute Gasteiger partial charge is 0.462 e. The summed E-state index contributed by atoms with van der Waals surface area (Å²) in [4.78, 5) is 25.4. The molecule has 1 aliphatic heterocycles. The summed E-state index contributed by atoms with van der Waals surface area (Å²) in [6.07, 6.45) is 1.06. The Balaban J connectivity index is 2.13. The first-order valence-corrected chi connectivity index (χ1v) is 10.2. The van der Waals surface area contributed by atoms with Gasteiger partial charge in [-0.3, -0.25) is 4.57 Å². The Hall–Kier alpha value is -2.32. The van der Waals surface area contributed by atoms with E-state index in [1.807, 2.05) is 27.7 Å². The van der Waals surface area contributed by atoms with Gasteiger partial charge in [0.1, 0.15) is 5.60 Å². The van der Waals surface area contributed by atoms with E-state index in [0.717, 1.165) is 0 Å². The van der Waals surface area contributed by atoms with E-state index in [1.54, 1.807) is 52.1 Å². The molecule has 0 unspecified atom stereocenters. The lowest BCUT2D eigenvalue weighted by atomic mass is 9.77. The van der Waals surface area contributed by atoms with Crippen molar-refractivity contribution < 1.29 is 28.4 Å². The second-order valence-corrected chi connectivity index (χ2v) is 9.48. The van der Waals surface area contributed by atoms with Crippen molar-refractivity contribution in [3.63, 3.8) is 0 Å². The van der Waals surface area contributed by atoms with Crippen molar-refractivity contribution >= 4 is 35.5 Å². The van der Waals surface area contributed by atoms with E-state index in [9.17, 15) is 9.59 Å². The van der Waals surface area contributed by atoms with Gasteiger partial charge in [-0.25, -0.2) is 9.59 Å². The van der Waals surface area contributed by atoms with Crippen LogP contribution in [0.25, 0.3) is 10.9 Å². The second kappa shape index (κ2) is 7.43. The molecular formula is C22H30BNO6. The highest BCUT2D eigenvalue weighted by Crippen LogP contribution is 2.37. The Bertz CT molecular complexity index is 969. The maximum absolute atomic E-state index is 12.7. The lowest BCUT2D eigenvalue weighted by molar-refractivity contribution is 0.00578. The molecule has 162 valence electrons. The van der Waals surface area contributed by atoms with Crippen LogP contribution in [-0.2, 0) is 18.8 Å². The molecule has 0 atom stereocenters. The van der Waals surface area contributed by atoms with Gasteiger partial charge in [0.2, 0.25) is 0 Å². The number of carbonyl (C=O) groups excluding carboxylic acids is 2. The third-order valence-corrected chi connectivity index (χ3v) is 5.44. The molecule has 2 heterocycles. The number of carbonyl (C=O) groups is 2. The van der Waals surface area contributed by atoms with Crippen LogP contribution in [0.1, 0.15) is 65.7 Å². The van der Waals surface area contributed by atoms with Gasteiger partial charge in [0.15, 0.2) is 0 Å². The normalized spacial score (nSPS) is 17.9. The monoisotopic (exact) mass is 415 g/mol. The molecule has 1 saturated heterocycles. The van der Waals surface area contributed by atoms with E-state index >= 15 is 0 Å². The predicted octanol–water partition coefficient (Wildman–Crippen LogP) is 3.90. The minimum absolute atomic E-state index is 0.244. The second-order valence-electron chi connectivity index (χ2n) is 9.48. The summed E-state index contributed by atoms with van der Waals surface area (Å²) in [6, 6.07) is 5.21. The summed E-state index contributed by atoms with van der Waals surface area (Å²) in [7, 11) is -0.686. The Labute approximate surface area is 177 Å². The van der Waals surface area contributed by atoms with E-state index in [4.69, 9.17) is 18.8 Å². The van der Waals surface area contributed by atoms with Crippen molar-refractivity contribution in [1.82, 2.24) is 4.57 Å². The molecule has 1 aliphatic rings. The Kier molecular flexibility index (Phi) is 5.54. The maximum Gasteiger partial charge on any atom is 0.494 e. The number of esters is 1. The molecule has 0 N–H and O–H groups in total. The molecule has 8 heteroatoms. The number of hydrogen-bond donors (Lipinski definition) is 0. The van der Waals surface area contributed by atoms with Crippen molar-refractivity contribution in [2.75, 3.05) is 6.61 Å². The van der Waals surface area contributed by atoms with E-state index in [1.165, 1.54) is 4.57 Å². The van der Waals surface area contributed by atoms with Gasteiger partial charge in [-0.15, -0.1) is 0 Å². The SMILES string of the molecule is CCOC(=O)c1cc(B2OC(C)(C)C(C)(C)O2)cc2c1ccn2C(=O)OC(C)(C)C. The van der Waals surface area contributed by atoms with Crippen molar-refractivity contribution in [3.05, 3.63) is 30.0 Å². The van der Waals surface area contributed by atoms with Gasteiger partial charge < -0.3 is 18.8 Å². The zero-order chi connectivity index (χ0) is 22.5. The number of nitrogens with zero attached hydrogens (tertiary/aromatic N) is 1. The molecule has 1 aromatic heterocycles. The van der Waals surface area contributed by atoms with E-state index in [2.05, 4.69) is 0 Å². The van der Waals surface area contributed by atoms with Gasteiger partial charge in [-0.05, 0) is 79.1 Å². The van der Waals surface area contributed by atoms with Gasteiger partial charge in [-0.2, -0.15) is 0 Å². The highest BCUT2D eigenvalue weighted by Gasteiger charge is 2.52. The number of hydrogen-bond acceptors (Lipinski definition) is 6. The molecule has 1 fully saturated rings. The molecule has 0 amide bonds. The fourth-order valence-electron chi connectivity index (χ4n) is 3.23. The largest absolute Gasteiger partial charge is 0.494 e. The van der Waals surface area contributed by atoms with Gasteiger partial charge in [-0.1, -0.05) is 0 Å². The first-order chi connectivity index (χ1) is 13.8. The van der Waals surface area contributed by atoms with Crippen LogP contribution in [0.5, 0.6) is 0 Å². The molecule has 0 bridgehead atoms. The predicted molar refractivity (Wildman–Crippen MR) is 115 cm³/mol. The van der Waals surface area contributed by atoms with Crippen molar-refractivity contribution in [2.45, 2.75) is 72.2 Å². The Morgan fingerprint density at radius 2 is 1.70 bits per heavy atom. The maximum atomic E-state index is 12.7. The third kappa shape index (κ3) is 4.11. The zero-order valence-corrected chi connectivity index (χ0v) is 19.0. The molecule has 3 rings (SSSR count). The summed E-state index contributed by atoms with van der Waals surface area (Å²) in [5.41, 5.74) is -0.219. The lowest BCUT2D eigenvalue weighted by Gasteiger charge is -2.32. The summed E-state index contributed by atoms with van der Waals surface area (Å²) in [5, 5.41) is 0.597. The minimum Gasteiger partial charge on any atom is -0.462 e. The number of ether oxygens (including phenoxy) is 2. The average Bonchev–Trinajstić information content (AvgIpc) is 3.11. The summed E-state index contributed by atoms with van der Waals surface area (Å²) >= 11 is 0. The van der Waals surface area contributed by atoms with Crippen LogP contribution in [0, 0.1) is 0 Å². The zero-order valence-electron chi connectivity index (χ0n) is 19.0. The molecule has 0 aliphatic carbocycles. The molecule has 1 aromatic carbocycles. The van der Waals surface area contributed by atoms with Gasteiger partial charge in [0.25, 0.3) is 0 Å². The Morgan fingerprint density at radius 3 is 2.23 bits per heavy atom. The highest BCUT2D eigenvalue weighted by atomic mass is 16.7. The van der Waals surface area contributed by atoms with Crippen LogP contribution < -0.4 is 5.46 Å². The Morgan fingerprint density at radius 1 is 1.10 bits per heavy atom. The van der Waals surface area contributed by atoms with Crippen molar-refractivity contribution in [1.29, 1.82) is 0 Å². The fourth-order valence-corrected chi connectivity index (χ4v) is 3.23. The molecule has 30 heavy (non-hydrogen) atoms. The number of rotatable bonds is 3. The molecule has 2 aromatic rings. The van der Waals surface area contributed by atoms with Crippen molar-refractivity contribution in [2.24, 2.45) is 0 Å². The topological polar surface area (TPSA) is 76.0 Å². The standard InChI is InChI=1S/C22H30BNO6/c1-9-27-18(25)16-12-14(23-29-21(5,6)22(7,8)30-23)13-17-15(16)10-11-24(17)19(26)28-20(2,3)4/h10-13H,9H2,1-8H3. The fraction of sp³-hybridized carbons (Fsp3) is 0.545. The highest BCUT2D eigenvalue weighted by molar-refractivity contribution is 6.62. The third-order valence-electron chi connectivity index (χ3n) is 5.44. The lowest BCUT2D eigenvalue weighted by Crippen LogP contribution is -2.41. The van der Waals surface area contributed by atoms with E-state index in [0.29, 0.717) is 21.9 Å². The molecule has 0 spiro atoms. The van der Waals surface area contributed by atoms with Gasteiger partial charge >= 0.3 is 19.2 Å². The van der Waals surface area contributed by atoms with Crippen molar-refractivity contribution in [3.8, 4) is 0 Å². The van der Waals surface area contributed by atoms with Crippen LogP contribution in [0.2, 0.25) is 0 Å². The van der Waals surface area contributed by atoms with Gasteiger partial charge in [0.05, 0.1) is 28.9 Å². The van der Waals surface area contributed by atoms with Crippen LogP contribution in [0.4, 0.5) is 4.79 Å². The van der Waals surface area contributed by atoms with Crippen LogP contribution in [0.3, 0.4) is 0 Å². The molecule has 0 radical (unpaired) electrons. The summed E-state index contributed by atoms with van der Waals surface area (Å²) in [6.45, 7) is 15.2. The number of aromatic nitrogens is 1. The molecule has 0 saturated carbocycles. The summed E-state index contributed by atoms with van der Waals surface area (Å²) < 4.78 is 24.4.